The van der Waals surface area contributed by atoms with Gasteiger partial charge in [0.15, 0.2) is 5.43 Å². The number of sulfone groups is 1. The minimum Gasteiger partial charge on any atom is -0.492 e. The highest BCUT2D eigenvalue weighted by molar-refractivity contribution is 7.91. The first-order valence-electron chi connectivity index (χ1n) is 10.7. The van der Waals surface area contributed by atoms with Crippen molar-refractivity contribution < 1.29 is 26.3 Å². The molecule has 0 spiro atoms. The van der Waals surface area contributed by atoms with Crippen LogP contribution in [0.4, 0.5) is 13.2 Å². The highest BCUT2D eigenvalue weighted by Crippen LogP contribution is 2.45. The van der Waals surface area contributed by atoms with Crippen LogP contribution in [0.5, 0.6) is 5.75 Å². The van der Waals surface area contributed by atoms with Crippen LogP contribution in [0.1, 0.15) is 57.7 Å². The number of pyridine rings is 1. The van der Waals surface area contributed by atoms with Crippen molar-refractivity contribution >= 4 is 21.4 Å². The van der Waals surface area contributed by atoms with Gasteiger partial charge in [-0.1, -0.05) is 45.7 Å². The zero-order valence-electron chi connectivity index (χ0n) is 18.9. The van der Waals surface area contributed by atoms with Crippen molar-refractivity contribution in [3.05, 3.63) is 50.8 Å². The van der Waals surface area contributed by atoms with Crippen molar-refractivity contribution in [3.63, 3.8) is 0 Å². The summed E-state index contributed by atoms with van der Waals surface area (Å²) in [5.41, 5.74) is -4.90. The lowest BCUT2D eigenvalue weighted by atomic mass is 9.79. The number of benzene rings is 1. The first kappa shape index (κ1) is 25.6. The Morgan fingerprint density at radius 2 is 1.85 bits per heavy atom. The Labute approximate surface area is 196 Å². The maximum absolute atomic E-state index is 12.9. The van der Waals surface area contributed by atoms with Crippen LogP contribution in [0.25, 0.3) is 11.3 Å². The second kappa shape index (κ2) is 8.98. The molecule has 0 fully saturated rings. The van der Waals surface area contributed by atoms with Gasteiger partial charge in [0.2, 0.25) is 0 Å². The van der Waals surface area contributed by atoms with Gasteiger partial charge in [0, 0.05) is 29.4 Å². The summed E-state index contributed by atoms with van der Waals surface area (Å²) < 4.78 is 69.7. The number of ether oxygens (including phenoxy) is 1. The molecule has 0 radical (unpaired) electrons. The van der Waals surface area contributed by atoms with Crippen molar-refractivity contribution in [2.45, 2.75) is 64.3 Å². The Morgan fingerprint density at radius 3 is 2.42 bits per heavy atom. The van der Waals surface area contributed by atoms with Crippen LogP contribution in [0, 0.1) is 5.41 Å². The van der Waals surface area contributed by atoms with Crippen molar-refractivity contribution in [3.8, 4) is 17.0 Å². The maximum Gasteiger partial charge on any atom is 0.497 e. The number of rotatable bonds is 6. The van der Waals surface area contributed by atoms with E-state index < -0.39 is 32.1 Å². The molecule has 3 rings (SSSR count). The lowest BCUT2D eigenvalue weighted by Gasteiger charge is -2.39. The van der Waals surface area contributed by atoms with Crippen LogP contribution in [0.15, 0.2) is 29.2 Å². The largest absolute Gasteiger partial charge is 0.497 e. The van der Waals surface area contributed by atoms with Crippen LogP contribution in [-0.4, -0.2) is 25.1 Å². The summed E-state index contributed by atoms with van der Waals surface area (Å²) in [5.74, 6) is -0.857. The number of hydrogen-bond acceptors (Lipinski definition) is 4. The van der Waals surface area contributed by atoms with Crippen LogP contribution in [0.2, 0.25) is 5.02 Å². The van der Waals surface area contributed by atoms with E-state index in [9.17, 15) is 26.4 Å². The van der Waals surface area contributed by atoms with Crippen molar-refractivity contribution in [1.82, 2.24) is 4.57 Å². The predicted molar refractivity (Wildman–Crippen MR) is 122 cm³/mol. The number of hydrogen-bond donors (Lipinski definition) is 0. The minimum absolute atomic E-state index is 0.238. The highest BCUT2D eigenvalue weighted by Gasteiger charge is 2.46. The summed E-state index contributed by atoms with van der Waals surface area (Å²) in [6.45, 7) is 8.50. The molecular weight excluding hydrogens is 479 g/mol. The molecule has 0 N–H and O–H groups in total. The SMILES string of the molecule is CCCCOc1cc2c(cc1Cl)-c1cc(=O)c(CS(=O)(=O)C(F)(F)F)cn1C(C(C)(C)C)C2. The first-order valence-corrected chi connectivity index (χ1v) is 12.7. The molecule has 1 aliphatic heterocycles. The molecule has 33 heavy (non-hydrogen) atoms. The summed E-state index contributed by atoms with van der Waals surface area (Å²) in [4.78, 5) is 12.7. The molecule has 0 bridgehead atoms. The highest BCUT2D eigenvalue weighted by atomic mass is 35.5. The Balaban J connectivity index is 2.15. The molecule has 2 aromatic rings. The normalized spacial score (nSPS) is 16.3. The molecule has 1 atom stereocenters. The van der Waals surface area contributed by atoms with Gasteiger partial charge in [-0.25, -0.2) is 8.42 Å². The van der Waals surface area contributed by atoms with Crippen molar-refractivity contribution in [1.29, 1.82) is 0 Å². The van der Waals surface area contributed by atoms with Crippen LogP contribution in [0.3, 0.4) is 0 Å². The molecule has 1 unspecified atom stereocenters. The standard InChI is InChI=1S/C23H27ClF3NO4S/c1-5-6-7-32-20-8-14-9-21(22(2,3)4)28-12-15(13-33(30,31)23(25,26)27)19(29)11-18(28)16(14)10-17(20)24/h8,10-12,21H,5-7,9,13H2,1-4H3. The topological polar surface area (TPSA) is 65.4 Å². The van der Waals surface area contributed by atoms with Gasteiger partial charge in [0.25, 0.3) is 9.84 Å². The second-order valence-electron chi connectivity index (χ2n) is 9.39. The third-order valence-electron chi connectivity index (χ3n) is 5.79. The van der Waals surface area contributed by atoms with E-state index in [1.165, 1.54) is 12.3 Å². The molecule has 0 saturated carbocycles. The number of nitrogens with zero attached hydrogens (tertiary/aromatic N) is 1. The van der Waals surface area contributed by atoms with E-state index in [0.717, 1.165) is 18.4 Å². The Morgan fingerprint density at radius 1 is 1.18 bits per heavy atom. The van der Waals surface area contributed by atoms with Gasteiger partial charge < -0.3 is 9.30 Å². The summed E-state index contributed by atoms with van der Waals surface area (Å²) in [5, 5.41) is 0.363. The van der Waals surface area contributed by atoms with Gasteiger partial charge in [-0.15, -0.1) is 0 Å². The zero-order valence-corrected chi connectivity index (χ0v) is 20.5. The lowest BCUT2D eigenvalue weighted by Crippen LogP contribution is -2.33. The molecular formula is C23H27ClF3NO4S. The second-order valence-corrected chi connectivity index (χ2v) is 11.8. The smallest absolute Gasteiger partial charge is 0.492 e. The fraction of sp³-hybridized carbons (Fsp3) is 0.522. The fourth-order valence-electron chi connectivity index (χ4n) is 3.93. The first-order chi connectivity index (χ1) is 15.2. The lowest BCUT2D eigenvalue weighted by molar-refractivity contribution is -0.0437. The summed E-state index contributed by atoms with van der Waals surface area (Å²) in [6.07, 6.45) is 3.61. The van der Waals surface area contributed by atoms with E-state index in [0.29, 0.717) is 35.1 Å². The van der Waals surface area contributed by atoms with Crippen LogP contribution < -0.4 is 10.2 Å². The minimum atomic E-state index is -5.49. The van der Waals surface area contributed by atoms with Gasteiger partial charge in [-0.05, 0) is 36.0 Å². The molecule has 1 aromatic heterocycles. The molecule has 182 valence electrons. The maximum atomic E-state index is 12.9. The van der Waals surface area contributed by atoms with E-state index in [2.05, 4.69) is 6.92 Å². The van der Waals surface area contributed by atoms with Crippen molar-refractivity contribution in [2.75, 3.05) is 6.61 Å². The summed E-state index contributed by atoms with van der Waals surface area (Å²) in [7, 11) is -5.49. The molecule has 2 heterocycles. The molecule has 10 heteroatoms. The molecule has 5 nitrogen and oxygen atoms in total. The molecule has 0 saturated heterocycles. The van der Waals surface area contributed by atoms with Gasteiger partial charge in [-0.2, -0.15) is 13.2 Å². The zero-order chi connectivity index (χ0) is 24.8. The van der Waals surface area contributed by atoms with E-state index in [1.807, 2.05) is 26.8 Å². The van der Waals surface area contributed by atoms with Crippen LogP contribution in [-0.2, 0) is 22.0 Å². The Hall–Kier alpha value is -2.00. The number of alkyl halides is 3. The van der Waals surface area contributed by atoms with Gasteiger partial charge >= 0.3 is 5.51 Å². The third-order valence-corrected chi connectivity index (χ3v) is 7.49. The number of halogens is 4. The molecule has 1 aliphatic rings. The molecule has 1 aromatic carbocycles. The predicted octanol–water partition coefficient (Wildman–Crippen LogP) is 5.93. The number of fused-ring (bicyclic) bond motifs is 3. The summed E-state index contributed by atoms with van der Waals surface area (Å²) >= 11 is 6.42. The summed E-state index contributed by atoms with van der Waals surface area (Å²) in [6, 6.07) is 4.50. The Bertz CT molecular complexity index is 1210. The average Bonchev–Trinajstić information content (AvgIpc) is 2.67. The molecule has 0 amide bonds. The van der Waals surface area contributed by atoms with E-state index >= 15 is 0 Å². The Kier molecular flexibility index (Phi) is 6.97. The molecule has 0 aliphatic carbocycles. The van der Waals surface area contributed by atoms with Gasteiger partial charge in [-0.3, -0.25) is 4.79 Å². The third kappa shape index (κ3) is 5.24. The van der Waals surface area contributed by atoms with E-state index in [1.54, 1.807) is 10.6 Å². The van der Waals surface area contributed by atoms with Gasteiger partial charge in [0.05, 0.1) is 23.1 Å². The van der Waals surface area contributed by atoms with Gasteiger partial charge in [0.1, 0.15) is 5.75 Å². The van der Waals surface area contributed by atoms with Crippen molar-refractivity contribution in [2.24, 2.45) is 5.41 Å². The van der Waals surface area contributed by atoms with E-state index in [4.69, 9.17) is 16.3 Å². The monoisotopic (exact) mass is 505 g/mol. The average molecular weight is 506 g/mol. The van der Waals surface area contributed by atoms with Crippen LogP contribution >= 0.6 is 11.6 Å². The number of aromatic nitrogens is 1. The quantitative estimate of drug-likeness (QED) is 0.457. The fourth-order valence-corrected chi connectivity index (χ4v) is 4.94. The van der Waals surface area contributed by atoms with E-state index in [-0.39, 0.29) is 11.5 Å². The number of unbranched alkanes of at least 4 members (excludes halogenated alkanes) is 1.